The molecule has 0 aliphatic heterocycles. The first-order valence-corrected chi connectivity index (χ1v) is 7.55. The molecular weight excluding hydrogens is 316 g/mol. The molecule has 0 aliphatic carbocycles. The molecule has 0 aliphatic rings. The Bertz CT molecular complexity index is 978. The maximum absolute atomic E-state index is 12.4. The highest BCUT2D eigenvalue weighted by molar-refractivity contribution is 6.07. The quantitative estimate of drug-likeness (QED) is 0.388. The molecule has 0 saturated carbocycles. The van der Waals surface area contributed by atoms with Gasteiger partial charge in [-0.3, -0.25) is 9.59 Å². The van der Waals surface area contributed by atoms with E-state index in [1.54, 1.807) is 36.5 Å². The van der Waals surface area contributed by atoms with Gasteiger partial charge in [-0.15, -0.1) is 0 Å². The van der Waals surface area contributed by atoms with Crippen molar-refractivity contribution in [3.63, 3.8) is 0 Å². The summed E-state index contributed by atoms with van der Waals surface area (Å²) in [5.74, 6) is 4.42. The zero-order chi connectivity index (χ0) is 17.8. The first-order chi connectivity index (χ1) is 12.1. The van der Waals surface area contributed by atoms with Crippen LogP contribution in [0.5, 0.6) is 0 Å². The molecule has 0 heterocycles. The van der Waals surface area contributed by atoms with Gasteiger partial charge < -0.3 is 16.9 Å². The number of rotatable bonds is 4. The van der Waals surface area contributed by atoms with Gasteiger partial charge in [-0.25, -0.2) is 0 Å². The van der Waals surface area contributed by atoms with Crippen LogP contribution in [0.2, 0.25) is 0 Å². The van der Waals surface area contributed by atoms with Gasteiger partial charge in [-0.1, -0.05) is 18.2 Å². The number of fused-ring (bicyclic) bond motifs is 1. The zero-order valence-electron chi connectivity index (χ0n) is 13.3. The Morgan fingerprint density at radius 2 is 1.52 bits per heavy atom. The lowest BCUT2D eigenvalue weighted by Crippen LogP contribution is -2.13. The van der Waals surface area contributed by atoms with Crippen molar-refractivity contribution in [1.82, 2.24) is 0 Å². The van der Waals surface area contributed by atoms with Gasteiger partial charge >= 0.3 is 0 Å². The fraction of sp³-hybridized carbons (Fsp3) is 0. The van der Waals surface area contributed by atoms with Gasteiger partial charge in [0.25, 0.3) is 5.91 Å². The van der Waals surface area contributed by atoms with Gasteiger partial charge in [0, 0.05) is 16.8 Å². The Morgan fingerprint density at radius 1 is 0.880 bits per heavy atom. The molecule has 0 atom stereocenters. The molecule has 3 rings (SSSR count). The number of anilines is 1. The Hall–Kier alpha value is -3.67. The van der Waals surface area contributed by atoms with Crippen molar-refractivity contribution in [2.24, 2.45) is 16.7 Å². The van der Waals surface area contributed by atoms with Crippen molar-refractivity contribution in [3.05, 3.63) is 77.4 Å². The Kier molecular flexibility index (Phi) is 4.43. The predicted molar refractivity (Wildman–Crippen MR) is 98.6 cm³/mol. The fourth-order valence-electron chi connectivity index (χ4n) is 2.49. The van der Waals surface area contributed by atoms with Crippen molar-refractivity contribution in [1.29, 1.82) is 0 Å². The third-order valence-corrected chi connectivity index (χ3v) is 3.78. The number of hydrazone groups is 1. The monoisotopic (exact) mass is 332 g/mol. The summed E-state index contributed by atoms with van der Waals surface area (Å²) in [7, 11) is 0. The highest BCUT2D eigenvalue weighted by atomic mass is 16.2. The average molecular weight is 332 g/mol. The summed E-state index contributed by atoms with van der Waals surface area (Å²) in [4.78, 5) is 23.5. The van der Waals surface area contributed by atoms with E-state index in [0.717, 1.165) is 16.3 Å². The molecule has 0 unspecified atom stereocenters. The molecule has 3 aromatic carbocycles. The summed E-state index contributed by atoms with van der Waals surface area (Å²) in [6.45, 7) is 0. The van der Waals surface area contributed by atoms with Gasteiger partial charge in [0.2, 0.25) is 5.91 Å². The van der Waals surface area contributed by atoms with Crippen LogP contribution in [0.3, 0.4) is 0 Å². The van der Waals surface area contributed by atoms with E-state index in [2.05, 4.69) is 10.4 Å². The molecule has 0 fully saturated rings. The highest BCUT2D eigenvalue weighted by Crippen LogP contribution is 2.19. The normalized spacial score (nSPS) is 10.9. The summed E-state index contributed by atoms with van der Waals surface area (Å²) < 4.78 is 0. The van der Waals surface area contributed by atoms with Crippen molar-refractivity contribution in [2.45, 2.75) is 0 Å². The van der Waals surface area contributed by atoms with E-state index in [0.29, 0.717) is 16.8 Å². The van der Waals surface area contributed by atoms with Gasteiger partial charge in [-0.05, 0) is 58.8 Å². The topological polar surface area (TPSA) is 111 Å². The van der Waals surface area contributed by atoms with Crippen LogP contribution in [-0.4, -0.2) is 18.0 Å². The van der Waals surface area contributed by atoms with Gasteiger partial charge in [0.05, 0.1) is 6.21 Å². The number of nitrogens with one attached hydrogen (secondary N) is 1. The molecule has 6 heteroatoms. The standard InChI is InChI=1S/C19H16N4O2/c20-18(24)13-5-7-17(8-6-13)23-19(25)16-4-3-14-9-12(11-22-21)1-2-15(14)10-16/h1-11H,21H2,(H2,20,24)(H,23,25). The number of carbonyl (C=O) groups excluding carboxylic acids is 2. The number of amides is 2. The van der Waals surface area contributed by atoms with E-state index in [4.69, 9.17) is 11.6 Å². The maximum atomic E-state index is 12.4. The van der Waals surface area contributed by atoms with Crippen LogP contribution in [0.25, 0.3) is 10.8 Å². The lowest BCUT2D eigenvalue weighted by atomic mass is 10.0. The number of benzene rings is 3. The minimum Gasteiger partial charge on any atom is -0.366 e. The van der Waals surface area contributed by atoms with E-state index in [-0.39, 0.29) is 5.91 Å². The van der Waals surface area contributed by atoms with E-state index in [1.807, 2.05) is 30.3 Å². The molecule has 0 radical (unpaired) electrons. The van der Waals surface area contributed by atoms with Crippen LogP contribution in [0, 0.1) is 0 Å². The first kappa shape index (κ1) is 16.2. The summed E-state index contributed by atoms with van der Waals surface area (Å²) in [5, 5.41) is 8.22. The smallest absolute Gasteiger partial charge is 0.255 e. The first-order valence-electron chi connectivity index (χ1n) is 7.55. The number of carbonyl (C=O) groups is 2. The molecule has 0 aromatic heterocycles. The molecule has 124 valence electrons. The lowest BCUT2D eigenvalue weighted by Gasteiger charge is -2.07. The molecule has 25 heavy (non-hydrogen) atoms. The number of hydrogen-bond acceptors (Lipinski definition) is 4. The Morgan fingerprint density at radius 3 is 2.20 bits per heavy atom. The third kappa shape index (κ3) is 3.64. The number of nitrogens with two attached hydrogens (primary N) is 2. The Balaban J connectivity index is 1.81. The third-order valence-electron chi connectivity index (χ3n) is 3.78. The van der Waals surface area contributed by atoms with Gasteiger partial charge in [-0.2, -0.15) is 5.10 Å². The summed E-state index contributed by atoms with van der Waals surface area (Å²) >= 11 is 0. The van der Waals surface area contributed by atoms with Crippen LogP contribution >= 0.6 is 0 Å². The predicted octanol–water partition coefficient (Wildman–Crippen LogP) is 2.48. The molecule has 2 amide bonds. The summed E-state index contributed by atoms with van der Waals surface area (Å²) in [6.07, 6.45) is 1.57. The lowest BCUT2D eigenvalue weighted by molar-refractivity contribution is 0.0998. The second-order valence-electron chi connectivity index (χ2n) is 5.50. The molecular formula is C19H16N4O2. The molecule has 0 saturated heterocycles. The van der Waals surface area contributed by atoms with Crippen molar-refractivity contribution in [2.75, 3.05) is 5.32 Å². The average Bonchev–Trinajstić information content (AvgIpc) is 2.62. The van der Waals surface area contributed by atoms with E-state index >= 15 is 0 Å². The van der Waals surface area contributed by atoms with Crippen LogP contribution in [0.1, 0.15) is 26.3 Å². The van der Waals surface area contributed by atoms with Crippen molar-refractivity contribution in [3.8, 4) is 0 Å². The van der Waals surface area contributed by atoms with Gasteiger partial charge in [0.15, 0.2) is 0 Å². The second-order valence-corrected chi connectivity index (χ2v) is 5.50. The number of nitrogens with zero attached hydrogens (tertiary/aromatic N) is 1. The SMILES string of the molecule is NN=Cc1ccc2cc(C(=O)Nc3ccc(C(N)=O)cc3)ccc2c1. The van der Waals surface area contributed by atoms with E-state index < -0.39 is 5.91 Å². The zero-order valence-corrected chi connectivity index (χ0v) is 13.3. The number of primary amides is 1. The largest absolute Gasteiger partial charge is 0.366 e. The van der Waals surface area contributed by atoms with Crippen molar-refractivity contribution >= 4 is 34.5 Å². The summed E-state index contributed by atoms with van der Waals surface area (Å²) in [6, 6.07) is 17.6. The van der Waals surface area contributed by atoms with Gasteiger partial charge in [0.1, 0.15) is 0 Å². The summed E-state index contributed by atoms with van der Waals surface area (Å²) in [5.41, 5.74) is 7.60. The van der Waals surface area contributed by atoms with Crippen LogP contribution < -0.4 is 16.9 Å². The second kappa shape index (κ2) is 6.84. The minimum absolute atomic E-state index is 0.235. The molecule has 5 N–H and O–H groups in total. The van der Waals surface area contributed by atoms with E-state index in [1.165, 1.54) is 0 Å². The van der Waals surface area contributed by atoms with E-state index in [9.17, 15) is 9.59 Å². The Labute approximate surface area is 144 Å². The van der Waals surface area contributed by atoms with Crippen LogP contribution in [0.15, 0.2) is 65.8 Å². The van der Waals surface area contributed by atoms with Crippen LogP contribution in [0.4, 0.5) is 5.69 Å². The maximum Gasteiger partial charge on any atom is 0.255 e. The molecule has 0 bridgehead atoms. The van der Waals surface area contributed by atoms with Crippen LogP contribution in [-0.2, 0) is 0 Å². The van der Waals surface area contributed by atoms with Crippen molar-refractivity contribution < 1.29 is 9.59 Å². The molecule has 3 aromatic rings. The fourth-order valence-corrected chi connectivity index (χ4v) is 2.49. The molecule has 6 nitrogen and oxygen atoms in total. The number of hydrogen-bond donors (Lipinski definition) is 3. The molecule has 0 spiro atoms. The minimum atomic E-state index is -0.508. The highest BCUT2D eigenvalue weighted by Gasteiger charge is 2.08.